The van der Waals surface area contributed by atoms with Crippen LogP contribution in [0, 0.1) is 0 Å². The normalized spacial score (nSPS) is 24.0. The Kier molecular flexibility index (Phi) is 6.45. The molecule has 0 aliphatic carbocycles. The van der Waals surface area contributed by atoms with Gasteiger partial charge in [0.05, 0.1) is 19.6 Å². The van der Waals surface area contributed by atoms with E-state index < -0.39 is 5.97 Å². The molecule has 1 atom stereocenters. The van der Waals surface area contributed by atoms with Gasteiger partial charge >= 0.3 is 5.97 Å². The van der Waals surface area contributed by atoms with E-state index in [2.05, 4.69) is 4.90 Å². The fourth-order valence-corrected chi connectivity index (χ4v) is 3.19. The van der Waals surface area contributed by atoms with Crippen molar-refractivity contribution in [3.05, 3.63) is 0 Å². The summed E-state index contributed by atoms with van der Waals surface area (Å²) in [6.07, 6.45) is 4.79. The highest BCUT2D eigenvalue weighted by molar-refractivity contribution is 5.76. The standard InChI is InChI=1S/C15H26N2O4/c18-14(17-8-10-21-11-9-17)5-3-7-16-6-2-1-4-13(16)12-15(19)20/h13H,1-12H2,(H,19,20). The Hall–Kier alpha value is -1.14. The van der Waals surface area contributed by atoms with Crippen LogP contribution in [-0.2, 0) is 14.3 Å². The molecule has 2 aliphatic heterocycles. The van der Waals surface area contributed by atoms with Crippen LogP contribution in [0.5, 0.6) is 0 Å². The lowest BCUT2D eigenvalue weighted by Gasteiger charge is -2.35. The molecule has 2 saturated heterocycles. The molecular weight excluding hydrogens is 272 g/mol. The van der Waals surface area contributed by atoms with E-state index in [1.165, 1.54) is 0 Å². The highest BCUT2D eigenvalue weighted by Crippen LogP contribution is 2.20. The van der Waals surface area contributed by atoms with E-state index in [-0.39, 0.29) is 18.4 Å². The molecule has 120 valence electrons. The molecule has 1 N–H and O–H groups in total. The third-order valence-electron chi connectivity index (χ3n) is 4.36. The van der Waals surface area contributed by atoms with E-state index in [0.29, 0.717) is 32.7 Å². The molecule has 0 aromatic heterocycles. The molecule has 2 heterocycles. The minimum Gasteiger partial charge on any atom is -0.481 e. The van der Waals surface area contributed by atoms with Crippen LogP contribution in [-0.4, -0.2) is 72.2 Å². The quantitative estimate of drug-likeness (QED) is 0.791. The number of carboxylic acid groups (broad SMARTS) is 1. The third kappa shape index (κ3) is 5.28. The lowest BCUT2D eigenvalue weighted by Crippen LogP contribution is -2.43. The number of hydrogen-bond acceptors (Lipinski definition) is 4. The first-order valence-electron chi connectivity index (χ1n) is 7.98. The molecule has 6 heteroatoms. The number of carbonyl (C=O) groups is 2. The maximum atomic E-state index is 12.1. The number of likely N-dealkylation sites (tertiary alicyclic amines) is 1. The fourth-order valence-electron chi connectivity index (χ4n) is 3.19. The summed E-state index contributed by atoms with van der Waals surface area (Å²) in [6, 6.07) is 0.148. The highest BCUT2D eigenvalue weighted by Gasteiger charge is 2.24. The molecule has 0 spiro atoms. The van der Waals surface area contributed by atoms with Crippen molar-refractivity contribution in [1.82, 2.24) is 9.80 Å². The fraction of sp³-hybridized carbons (Fsp3) is 0.867. The first-order valence-corrected chi connectivity index (χ1v) is 7.98. The van der Waals surface area contributed by atoms with Gasteiger partial charge < -0.3 is 14.7 Å². The minimum absolute atomic E-state index is 0.148. The topological polar surface area (TPSA) is 70.1 Å². The van der Waals surface area contributed by atoms with Crippen LogP contribution >= 0.6 is 0 Å². The molecule has 2 fully saturated rings. The Labute approximate surface area is 126 Å². The smallest absolute Gasteiger partial charge is 0.304 e. The number of ether oxygens (including phenoxy) is 1. The van der Waals surface area contributed by atoms with E-state index in [9.17, 15) is 9.59 Å². The number of carbonyl (C=O) groups excluding carboxylic acids is 1. The van der Waals surface area contributed by atoms with Gasteiger partial charge in [0.1, 0.15) is 0 Å². The number of piperidine rings is 1. The van der Waals surface area contributed by atoms with Crippen molar-refractivity contribution in [3.63, 3.8) is 0 Å². The van der Waals surface area contributed by atoms with E-state index in [1.807, 2.05) is 4.90 Å². The Morgan fingerprint density at radius 1 is 1.14 bits per heavy atom. The second-order valence-corrected chi connectivity index (χ2v) is 5.88. The monoisotopic (exact) mass is 298 g/mol. The molecule has 0 aromatic rings. The molecule has 0 bridgehead atoms. The van der Waals surface area contributed by atoms with Crippen LogP contribution in [0.15, 0.2) is 0 Å². The van der Waals surface area contributed by atoms with Crippen LogP contribution in [0.1, 0.15) is 38.5 Å². The second-order valence-electron chi connectivity index (χ2n) is 5.88. The maximum Gasteiger partial charge on any atom is 0.304 e. The summed E-state index contributed by atoms with van der Waals surface area (Å²) in [6.45, 7) is 4.46. The number of morpholine rings is 1. The Morgan fingerprint density at radius 3 is 2.62 bits per heavy atom. The van der Waals surface area contributed by atoms with Crippen molar-refractivity contribution < 1.29 is 19.4 Å². The summed E-state index contributed by atoms with van der Waals surface area (Å²) in [7, 11) is 0. The van der Waals surface area contributed by atoms with Gasteiger partial charge in [-0.25, -0.2) is 0 Å². The number of rotatable bonds is 6. The van der Waals surface area contributed by atoms with Crippen molar-refractivity contribution in [2.75, 3.05) is 39.4 Å². The minimum atomic E-state index is -0.726. The maximum absolute atomic E-state index is 12.1. The molecule has 21 heavy (non-hydrogen) atoms. The molecule has 1 amide bonds. The summed E-state index contributed by atoms with van der Waals surface area (Å²) in [5, 5.41) is 8.97. The zero-order valence-electron chi connectivity index (χ0n) is 12.6. The van der Waals surface area contributed by atoms with Crippen LogP contribution in [0.3, 0.4) is 0 Å². The van der Waals surface area contributed by atoms with Gasteiger partial charge in [0, 0.05) is 25.6 Å². The van der Waals surface area contributed by atoms with Crippen molar-refractivity contribution in [2.24, 2.45) is 0 Å². The average Bonchev–Trinajstić information content (AvgIpc) is 2.49. The van der Waals surface area contributed by atoms with Gasteiger partial charge in [0.25, 0.3) is 0 Å². The van der Waals surface area contributed by atoms with Gasteiger partial charge in [-0.15, -0.1) is 0 Å². The summed E-state index contributed by atoms with van der Waals surface area (Å²) >= 11 is 0. The number of hydrogen-bond donors (Lipinski definition) is 1. The first-order chi connectivity index (χ1) is 10.2. The van der Waals surface area contributed by atoms with Crippen LogP contribution in [0.25, 0.3) is 0 Å². The van der Waals surface area contributed by atoms with Crippen LogP contribution < -0.4 is 0 Å². The largest absolute Gasteiger partial charge is 0.481 e. The van der Waals surface area contributed by atoms with Crippen molar-refractivity contribution in [1.29, 1.82) is 0 Å². The zero-order chi connectivity index (χ0) is 15.1. The van der Waals surface area contributed by atoms with Gasteiger partial charge in [-0.3, -0.25) is 14.5 Å². The second kappa shape index (κ2) is 8.34. The lowest BCUT2D eigenvalue weighted by molar-refractivity contribution is -0.139. The Morgan fingerprint density at radius 2 is 1.90 bits per heavy atom. The van der Waals surface area contributed by atoms with E-state index in [4.69, 9.17) is 9.84 Å². The third-order valence-corrected chi connectivity index (χ3v) is 4.36. The van der Waals surface area contributed by atoms with E-state index >= 15 is 0 Å². The predicted molar refractivity (Wildman–Crippen MR) is 78.1 cm³/mol. The molecular formula is C15H26N2O4. The van der Waals surface area contributed by atoms with Crippen molar-refractivity contribution in [3.8, 4) is 0 Å². The summed E-state index contributed by atoms with van der Waals surface area (Å²) < 4.78 is 5.24. The molecule has 2 rings (SSSR count). The van der Waals surface area contributed by atoms with E-state index in [1.54, 1.807) is 0 Å². The van der Waals surface area contributed by atoms with Gasteiger partial charge in [-0.05, 0) is 32.4 Å². The zero-order valence-corrected chi connectivity index (χ0v) is 12.6. The highest BCUT2D eigenvalue weighted by atomic mass is 16.5. The van der Waals surface area contributed by atoms with E-state index in [0.717, 1.165) is 38.8 Å². The number of aliphatic carboxylic acids is 1. The summed E-state index contributed by atoms with van der Waals surface area (Å²) in [5.41, 5.74) is 0. The van der Waals surface area contributed by atoms with Crippen LogP contribution in [0.4, 0.5) is 0 Å². The Bertz CT molecular complexity index is 356. The van der Waals surface area contributed by atoms with Crippen LogP contribution in [0.2, 0.25) is 0 Å². The molecule has 0 saturated carbocycles. The molecule has 2 aliphatic rings. The number of amides is 1. The summed E-state index contributed by atoms with van der Waals surface area (Å²) in [5.74, 6) is -0.526. The molecule has 0 radical (unpaired) electrons. The van der Waals surface area contributed by atoms with Gasteiger partial charge in [-0.1, -0.05) is 6.42 Å². The average molecular weight is 298 g/mol. The Balaban J connectivity index is 1.70. The SMILES string of the molecule is O=C(O)CC1CCCCN1CCCC(=O)N1CCOCC1. The number of carboxylic acids is 1. The number of nitrogens with zero attached hydrogens (tertiary/aromatic N) is 2. The van der Waals surface area contributed by atoms with Gasteiger partial charge in [-0.2, -0.15) is 0 Å². The molecule has 0 aromatic carbocycles. The predicted octanol–water partition coefficient (Wildman–Crippen LogP) is 0.955. The lowest BCUT2D eigenvalue weighted by atomic mass is 9.99. The first kappa shape index (κ1) is 16.2. The van der Waals surface area contributed by atoms with Crippen molar-refractivity contribution >= 4 is 11.9 Å². The summed E-state index contributed by atoms with van der Waals surface area (Å²) in [4.78, 5) is 27.1. The molecule has 1 unspecified atom stereocenters. The van der Waals surface area contributed by atoms with Crippen molar-refractivity contribution in [2.45, 2.75) is 44.6 Å². The molecule has 6 nitrogen and oxygen atoms in total. The van der Waals surface area contributed by atoms with Gasteiger partial charge in [0.15, 0.2) is 0 Å². The van der Waals surface area contributed by atoms with Gasteiger partial charge in [0.2, 0.25) is 5.91 Å².